The number of H-pyrrole nitrogens is 1. The predicted octanol–water partition coefficient (Wildman–Crippen LogP) is 3.55. The third kappa shape index (κ3) is 4.18. The van der Waals surface area contributed by atoms with E-state index in [-0.39, 0.29) is 12.0 Å². The van der Waals surface area contributed by atoms with E-state index in [1.807, 2.05) is 41.4 Å². The number of morpholine rings is 1. The van der Waals surface area contributed by atoms with Crippen molar-refractivity contribution >= 4 is 16.8 Å². The molecule has 5 rings (SSSR count). The van der Waals surface area contributed by atoms with Gasteiger partial charge in [0, 0.05) is 48.0 Å². The summed E-state index contributed by atoms with van der Waals surface area (Å²) >= 11 is 0. The van der Waals surface area contributed by atoms with Gasteiger partial charge < -0.3 is 14.6 Å². The lowest BCUT2D eigenvalue weighted by Gasteiger charge is -2.33. The van der Waals surface area contributed by atoms with Gasteiger partial charge >= 0.3 is 0 Å². The van der Waals surface area contributed by atoms with Crippen LogP contribution in [0.2, 0.25) is 0 Å². The summed E-state index contributed by atoms with van der Waals surface area (Å²) < 4.78 is 5.95. The molecule has 0 saturated carbocycles. The smallest absolute Gasteiger partial charge is 0.223 e. The summed E-state index contributed by atoms with van der Waals surface area (Å²) in [6, 6.07) is 14.0. The fourth-order valence-corrected chi connectivity index (χ4v) is 4.02. The highest BCUT2D eigenvalue weighted by atomic mass is 16.5. The van der Waals surface area contributed by atoms with Gasteiger partial charge in [0.25, 0.3) is 0 Å². The van der Waals surface area contributed by atoms with Crippen LogP contribution in [0.5, 0.6) is 0 Å². The Bertz CT molecular complexity index is 1190. The maximum atomic E-state index is 12.9. The first-order chi connectivity index (χ1) is 15.3. The number of aryl methyl sites for hydroxylation is 1. The second-order valence-corrected chi connectivity index (χ2v) is 7.63. The van der Waals surface area contributed by atoms with Crippen molar-refractivity contribution in [3.8, 4) is 11.3 Å². The number of hydrogen-bond acceptors (Lipinski definition) is 5. The molecule has 0 bridgehead atoms. The molecule has 0 spiro atoms. The van der Waals surface area contributed by atoms with Crippen molar-refractivity contribution in [3.05, 3.63) is 78.6 Å². The van der Waals surface area contributed by atoms with Crippen LogP contribution in [-0.4, -0.2) is 50.4 Å². The zero-order chi connectivity index (χ0) is 21.0. The number of carbonyl (C=O) groups is 1. The van der Waals surface area contributed by atoms with Gasteiger partial charge in [0.2, 0.25) is 5.91 Å². The molecule has 1 aromatic carbocycles. The average molecular weight is 413 g/mol. The first-order valence-corrected chi connectivity index (χ1v) is 10.4. The molecule has 1 saturated heterocycles. The van der Waals surface area contributed by atoms with E-state index in [9.17, 15) is 4.79 Å². The molecule has 7 nitrogen and oxygen atoms in total. The fourth-order valence-electron chi connectivity index (χ4n) is 4.02. The molecule has 1 N–H and O–H groups in total. The van der Waals surface area contributed by atoms with E-state index in [2.05, 4.69) is 27.1 Å². The monoisotopic (exact) mass is 413 g/mol. The normalized spacial score (nSPS) is 16.5. The van der Waals surface area contributed by atoms with E-state index in [1.165, 1.54) is 17.3 Å². The largest absolute Gasteiger partial charge is 0.368 e. The van der Waals surface area contributed by atoms with Gasteiger partial charge in [-0.2, -0.15) is 0 Å². The molecule has 1 atom stereocenters. The molecule has 3 aromatic heterocycles. The molecule has 0 aliphatic carbocycles. The third-order valence-electron chi connectivity index (χ3n) is 5.66. The van der Waals surface area contributed by atoms with Crippen molar-refractivity contribution in [1.82, 2.24) is 24.8 Å². The van der Waals surface area contributed by atoms with E-state index in [1.54, 1.807) is 12.4 Å². The number of fused-ring (bicyclic) bond motifs is 1. The lowest BCUT2D eigenvalue weighted by atomic mass is 10.1. The maximum Gasteiger partial charge on any atom is 0.223 e. The van der Waals surface area contributed by atoms with Crippen molar-refractivity contribution in [3.63, 3.8) is 0 Å². The molecule has 156 valence electrons. The molecule has 1 amide bonds. The zero-order valence-corrected chi connectivity index (χ0v) is 17.1. The Morgan fingerprint density at radius 2 is 2.00 bits per heavy atom. The number of aromatic amines is 1. The van der Waals surface area contributed by atoms with Gasteiger partial charge in [-0.1, -0.05) is 24.3 Å². The van der Waals surface area contributed by atoms with Crippen LogP contribution in [0.1, 0.15) is 23.8 Å². The Morgan fingerprint density at radius 1 is 1.13 bits per heavy atom. The predicted molar refractivity (Wildman–Crippen MR) is 117 cm³/mol. The van der Waals surface area contributed by atoms with Crippen molar-refractivity contribution < 1.29 is 9.53 Å². The Hall–Kier alpha value is -3.58. The van der Waals surface area contributed by atoms with Crippen molar-refractivity contribution in [1.29, 1.82) is 0 Å². The van der Waals surface area contributed by atoms with Gasteiger partial charge in [-0.05, 0) is 30.2 Å². The Morgan fingerprint density at radius 3 is 2.90 bits per heavy atom. The number of carbonyl (C=O) groups excluding carboxylic acids is 1. The van der Waals surface area contributed by atoms with Gasteiger partial charge in [-0.3, -0.25) is 4.79 Å². The van der Waals surface area contributed by atoms with Gasteiger partial charge in [0.05, 0.1) is 24.5 Å². The second-order valence-electron chi connectivity index (χ2n) is 7.63. The van der Waals surface area contributed by atoms with Crippen LogP contribution in [0.25, 0.3) is 22.2 Å². The molecule has 7 heteroatoms. The highest BCUT2D eigenvalue weighted by Crippen LogP contribution is 2.25. The summed E-state index contributed by atoms with van der Waals surface area (Å²) in [5, 5.41) is 1.18. The number of nitrogens with zero attached hydrogens (tertiary/aromatic N) is 4. The Kier molecular flexibility index (Phi) is 5.41. The number of amides is 1. The summed E-state index contributed by atoms with van der Waals surface area (Å²) in [4.78, 5) is 30.9. The first-order valence-electron chi connectivity index (χ1n) is 10.4. The SMILES string of the molecule is O=C(CCc1c[nH]c2ccccc12)N1CCOC(c2cccc(-c3cncnc3)n2)C1. The van der Waals surface area contributed by atoms with Crippen LogP contribution in [0.4, 0.5) is 0 Å². The molecular formula is C24H23N5O2. The van der Waals surface area contributed by atoms with Gasteiger partial charge in [-0.25, -0.2) is 15.0 Å². The van der Waals surface area contributed by atoms with Crippen LogP contribution in [0.3, 0.4) is 0 Å². The number of hydrogen-bond donors (Lipinski definition) is 1. The highest BCUT2D eigenvalue weighted by Gasteiger charge is 2.26. The molecule has 4 aromatic rings. The van der Waals surface area contributed by atoms with E-state index in [0.717, 1.165) is 22.5 Å². The quantitative estimate of drug-likeness (QED) is 0.541. The van der Waals surface area contributed by atoms with Gasteiger partial charge in [-0.15, -0.1) is 0 Å². The van der Waals surface area contributed by atoms with E-state index in [0.29, 0.717) is 32.5 Å². The minimum atomic E-state index is -0.240. The molecule has 31 heavy (non-hydrogen) atoms. The van der Waals surface area contributed by atoms with Crippen LogP contribution in [-0.2, 0) is 16.0 Å². The number of aromatic nitrogens is 4. The lowest BCUT2D eigenvalue weighted by molar-refractivity contribution is -0.139. The van der Waals surface area contributed by atoms with Crippen molar-refractivity contribution in [2.75, 3.05) is 19.7 Å². The van der Waals surface area contributed by atoms with Crippen molar-refractivity contribution in [2.45, 2.75) is 18.9 Å². The van der Waals surface area contributed by atoms with Crippen LogP contribution >= 0.6 is 0 Å². The first kappa shape index (κ1) is 19.4. The second kappa shape index (κ2) is 8.65. The number of para-hydroxylation sites is 1. The standard InChI is InChI=1S/C24H23N5O2/c30-24(9-8-17-14-27-21-5-2-1-4-19(17)21)29-10-11-31-23(15-29)22-7-3-6-20(28-22)18-12-25-16-26-13-18/h1-7,12-14,16,23,27H,8-11,15H2. The summed E-state index contributed by atoms with van der Waals surface area (Å²) in [6.45, 7) is 1.62. The van der Waals surface area contributed by atoms with Crippen molar-refractivity contribution in [2.24, 2.45) is 0 Å². The van der Waals surface area contributed by atoms with Gasteiger partial charge in [0.1, 0.15) is 12.4 Å². The minimum Gasteiger partial charge on any atom is -0.368 e. The number of pyridine rings is 1. The minimum absolute atomic E-state index is 0.145. The highest BCUT2D eigenvalue weighted by molar-refractivity contribution is 5.84. The Labute approximate surface area is 180 Å². The number of ether oxygens (including phenoxy) is 1. The molecule has 0 radical (unpaired) electrons. The summed E-state index contributed by atoms with van der Waals surface area (Å²) in [6.07, 6.45) is 7.93. The number of rotatable bonds is 5. The average Bonchev–Trinajstić information content (AvgIpc) is 3.26. The molecule has 1 aliphatic rings. The summed E-state index contributed by atoms with van der Waals surface area (Å²) in [5.74, 6) is 0.145. The molecular weight excluding hydrogens is 390 g/mol. The third-order valence-corrected chi connectivity index (χ3v) is 5.66. The van der Waals surface area contributed by atoms with E-state index in [4.69, 9.17) is 9.72 Å². The van der Waals surface area contributed by atoms with Crippen LogP contribution in [0, 0.1) is 0 Å². The lowest BCUT2D eigenvalue weighted by Crippen LogP contribution is -2.42. The molecule has 1 fully saturated rings. The van der Waals surface area contributed by atoms with E-state index < -0.39 is 0 Å². The molecule has 4 heterocycles. The van der Waals surface area contributed by atoms with Gasteiger partial charge in [0.15, 0.2) is 0 Å². The zero-order valence-electron chi connectivity index (χ0n) is 17.1. The number of nitrogens with one attached hydrogen (secondary N) is 1. The van der Waals surface area contributed by atoms with E-state index >= 15 is 0 Å². The maximum absolute atomic E-state index is 12.9. The molecule has 1 aliphatic heterocycles. The van der Waals surface area contributed by atoms with Crippen LogP contribution < -0.4 is 0 Å². The Balaban J connectivity index is 1.25. The number of benzene rings is 1. The fraction of sp³-hybridized carbons (Fsp3) is 0.250. The summed E-state index contributed by atoms with van der Waals surface area (Å²) in [7, 11) is 0. The topological polar surface area (TPSA) is 84.0 Å². The van der Waals surface area contributed by atoms with Crippen LogP contribution in [0.15, 0.2) is 67.4 Å². The molecule has 1 unspecified atom stereocenters. The summed E-state index contributed by atoms with van der Waals surface area (Å²) in [5.41, 5.74) is 4.74.